The number of methoxy groups -OCH3 is 1. The number of anilines is 1. The van der Waals surface area contributed by atoms with Crippen molar-refractivity contribution in [2.75, 3.05) is 18.2 Å². The van der Waals surface area contributed by atoms with Crippen molar-refractivity contribution in [3.63, 3.8) is 0 Å². The minimum absolute atomic E-state index is 0.139. The average Bonchev–Trinajstić information content (AvgIpc) is 3.32. The molecule has 1 aromatic heterocycles. The second-order valence-corrected chi connectivity index (χ2v) is 8.97. The van der Waals surface area contributed by atoms with E-state index in [4.69, 9.17) is 15.2 Å². The maximum absolute atomic E-state index is 12.5. The van der Waals surface area contributed by atoms with E-state index in [1.165, 1.54) is 17.3 Å². The number of aryl methyl sites for hydroxylation is 1. The van der Waals surface area contributed by atoms with Crippen LogP contribution in [-0.2, 0) is 24.4 Å². The van der Waals surface area contributed by atoms with Gasteiger partial charge >= 0.3 is 0 Å². The van der Waals surface area contributed by atoms with Gasteiger partial charge in [-0.3, -0.25) is 9.59 Å². The summed E-state index contributed by atoms with van der Waals surface area (Å²) < 4.78 is 13.1. The number of amides is 2. The monoisotopic (exact) mass is 517 g/mol. The topological polar surface area (TPSA) is 121 Å². The van der Waals surface area contributed by atoms with Gasteiger partial charge in [-0.1, -0.05) is 42.1 Å². The first-order valence-electron chi connectivity index (χ1n) is 11.6. The number of carbonyl (C=O) groups excluding carboxylic acids is 2. The first kappa shape index (κ1) is 25.8. The molecule has 0 atom stereocenters. The molecule has 0 unspecified atom stereocenters. The highest BCUT2D eigenvalue weighted by Gasteiger charge is 2.15. The van der Waals surface area contributed by atoms with Crippen LogP contribution >= 0.6 is 11.8 Å². The van der Waals surface area contributed by atoms with Crippen LogP contribution in [0.25, 0.3) is 0 Å². The second kappa shape index (κ2) is 12.6. The summed E-state index contributed by atoms with van der Waals surface area (Å²) >= 11 is 1.30. The number of nitrogens with two attached hydrogens (primary N) is 1. The molecule has 0 aliphatic carbocycles. The Morgan fingerprint density at radius 1 is 0.946 bits per heavy atom. The molecule has 0 saturated heterocycles. The standard InChI is InChI=1S/C27H27N5O4S/c1-35-22-11-13-23(14-12-22)36-17-24-30-31-27(32(24)16-15-19-5-3-2-4-6-19)37-18-25(33)29-21-9-7-20(8-10-21)26(28)34/h2-14H,15-18H2,1H3,(H2,28,34)(H,29,33). The van der Waals surface area contributed by atoms with Gasteiger partial charge in [-0.2, -0.15) is 0 Å². The summed E-state index contributed by atoms with van der Waals surface area (Å²) in [4.78, 5) is 23.8. The van der Waals surface area contributed by atoms with Crippen molar-refractivity contribution in [3.05, 3.63) is 95.8 Å². The number of aromatic nitrogens is 3. The number of nitrogens with one attached hydrogen (secondary N) is 1. The fourth-order valence-corrected chi connectivity index (χ4v) is 4.29. The number of ether oxygens (including phenoxy) is 2. The van der Waals surface area contributed by atoms with Gasteiger partial charge < -0.3 is 25.1 Å². The third-order valence-electron chi connectivity index (χ3n) is 5.47. The van der Waals surface area contributed by atoms with E-state index in [-0.39, 0.29) is 18.3 Å². The number of hydrogen-bond acceptors (Lipinski definition) is 7. The third kappa shape index (κ3) is 7.34. The Kier molecular flexibility index (Phi) is 8.77. The van der Waals surface area contributed by atoms with Crippen molar-refractivity contribution >= 4 is 29.3 Å². The first-order valence-corrected chi connectivity index (χ1v) is 12.6. The molecule has 37 heavy (non-hydrogen) atoms. The van der Waals surface area contributed by atoms with Crippen molar-refractivity contribution in [2.24, 2.45) is 5.73 Å². The molecular formula is C27H27N5O4S. The molecule has 10 heteroatoms. The molecule has 0 bridgehead atoms. The van der Waals surface area contributed by atoms with Crippen molar-refractivity contribution in [1.29, 1.82) is 0 Å². The molecule has 2 amide bonds. The Morgan fingerprint density at radius 3 is 2.32 bits per heavy atom. The molecule has 4 rings (SSSR count). The predicted octanol–water partition coefficient (Wildman–Crippen LogP) is 3.94. The van der Waals surface area contributed by atoms with Gasteiger partial charge in [0.1, 0.15) is 18.1 Å². The van der Waals surface area contributed by atoms with E-state index in [0.717, 1.165) is 12.2 Å². The molecule has 0 spiro atoms. The average molecular weight is 518 g/mol. The van der Waals surface area contributed by atoms with E-state index in [0.29, 0.717) is 34.5 Å². The van der Waals surface area contributed by atoms with Crippen LogP contribution in [0.1, 0.15) is 21.7 Å². The Labute approximate surface area is 219 Å². The maximum atomic E-state index is 12.5. The number of benzene rings is 3. The van der Waals surface area contributed by atoms with Gasteiger partial charge in [-0.15, -0.1) is 10.2 Å². The van der Waals surface area contributed by atoms with E-state index in [9.17, 15) is 9.59 Å². The zero-order chi connectivity index (χ0) is 26.0. The molecule has 9 nitrogen and oxygen atoms in total. The van der Waals surface area contributed by atoms with Gasteiger partial charge in [0, 0.05) is 17.8 Å². The molecule has 0 aliphatic rings. The lowest BCUT2D eigenvalue weighted by Crippen LogP contribution is -2.16. The third-order valence-corrected chi connectivity index (χ3v) is 6.44. The molecule has 4 aromatic rings. The van der Waals surface area contributed by atoms with Gasteiger partial charge in [0.05, 0.1) is 12.9 Å². The molecule has 190 valence electrons. The molecule has 3 N–H and O–H groups in total. The predicted molar refractivity (Wildman–Crippen MR) is 142 cm³/mol. The molecular weight excluding hydrogens is 490 g/mol. The van der Waals surface area contributed by atoms with E-state index < -0.39 is 5.91 Å². The van der Waals surface area contributed by atoms with Crippen LogP contribution in [0.3, 0.4) is 0 Å². The Morgan fingerprint density at radius 2 is 1.65 bits per heavy atom. The lowest BCUT2D eigenvalue weighted by atomic mass is 10.1. The van der Waals surface area contributed by atoms with E-state index in [1.807, 2.05) is 47.0 Å². The molecule has 0 aliphatic heterocycles. The van der Waals surface area contributed by atoms with Crippen molar-refractivity contribution in [2.45, 2.75) is 24.7 Å². The summed E-state index contributed by atoms with van der Waals surface area (Å²) in [6, 6.07) is 23.9. The van der Waals surface area contributed by atoms with Crippen molar-refractivity contribution in [1.82, 2.24) is 14.8 Å². The van der Waals surface area contributed by atoms with Crippen LogP contribution < -0.4 is 20.5 Å². The fourth-order valence-electron chi connectivity index (χ4n) is 3.51. The van der Waals surface area contributed by atoms with E-state index in [1.54, 1.807) is 31.4 Å². The van der Waals surface area contributed by atoms with Crippen LogP contribution in [0.2, 0.25) is 0 Å². The van der Waals surface area contributed by atoms with Gasteiger partial charge in [-0.05, 0) is 60.5 Å². The number of nitrogens with zero attached hydrogens (tertiary/aromatic N) is 3. The SMILES string of the molecule is COc1ccc(OCc2nnc(SCC(=O)Nc3ccc(C(N)=O)cc3)n2CCc2ccccc2)cc1. The Balaban J connectivity index is 1.41. The Bertz CT molecular complexity index is 1330. The number of rotatable bonds is 12. The van der Waals surface area contributed by atoms with Gasteiger partial charge in [0.15, 0.2) is 11.0 Å². The first-order chi connectivity index (χ1) is 18.0. The van der Waals surface area contributed by atoms with E-state index >= 15 is 0 Å². The zero-order valence-electron chi connectivity index (χ0n) is 20.3. The highest BCUT2D eigenvalue weighted by atomic mass is 32.2. The zero-order valence-corrected chi connectivity index (χ0v) is 21.1. The smallest absolute Gasteiger partial charge is 0.248 e. The van der Waals surface area contributed by atoms with Crippen LogP contribution in [0.15, 0.2) is 84.0 Å². The van der Waals surface area contributed by atoms with Crippen molar-refractivity contribution < 1.29 is 19.1 Å². The van der Waals surface area contributed by atoms with Crippen LogP contribution in [0.5, 0.6) is 11.5 Å². The van der Waals surface area contributed by atoms with Crippen molar-refractivity contribution in [3.8, 4) is 11.5 Å². The largest absolute Gasteiger partial charge is 0.497 e. The fraction of sp³-hybridized carbons (Fsp3) is 0.185. The summed E-state index contributed by atoms with van der Waals surface area (Å²) in [5, 5.41) is 12.1. The maximum Gasteiger partial charge on any atom is 0.248 e. The van der Waals surface area contributed by atoms with E-state index in [2.05, 4.69) is 27.6 Å². The number of thioether (sulfide) groups is 1. The molecule has 3 aromatic carbocycles. The van der Waals surface area contributed by atoms with Crippen LogP contribution in [0, 0.1) is 0 Å². The number of carbonyl (C=O) groups is 2. The molecule has 0 saturated carbocycles. The summed E-state index contributed by atoms with van der Waals surface area (Å²) in [5.74, 6) is 1.52. The van der Waals surface area contributed by atoms with Gasteiger partial charge in [-0.25, -0.2) is 0 Å². The number of primary amides is 1. The Hall–Kier alpha value is -4.31. The van der Waals surface area contributed by atoms with Crippen LogP contribution in [-0.4, -0.2) is 39.4 Å². The minimum Gasteiger partial charge on any atom is -0.497 e. The summed E-state index contributed by atoms with van der Waals surface area (Å²) in [7, 11) is 1.62. The summed E-state index contributed by atoms with van der Waals surface area (Å²) in [6.07, 6.45) is 0.778. The normalized spacial score (nSPS) is 10.6. The highest BCUT2D eigenvalue weighted by Crippen LogP contribution is 2.22. The molecule has 0 radical (unpaired) electrons. The number of hydrogen-bond donors (Lipinski definition) is 2. The quantitative estimate of drug-likeness (QED) is 0.273. The minimum atomic E-state index is -0.518. The molecule has 1 heterocycles. The van der Waals surface area contributed by atoms with Crippen LogP contribution in [0.4, 0.5) is 5.69 Å². The lowest BCUT2D eigenvalue weighted by molar-refractivity contribution is -0.113. The van der Waals surface area contributed by atoms with Gasteiger partial charge in [0.2, 0.25) is 11.8 Å². The molecule has 0 fully saturated rings. The summed E-state index contributed by atoms with van der Waals surface area (Å²) in [5.41, 5.74) is 7.41. The second-order valence-electron chi connectivity index (χ2n) is 8.03. The highest BCUT2D eigenvalue weighted by molar-refractivity contribution is 7.99. The van der Waals surface area contributed by atoms with Gasteiger partial charge in [0.25, 0.3) is 0 Å². The lowest BCUT2D eigenvalue weighted by Gasteiger charge is -2.12. The summed E-state index contributed by atoms with van der Waals surface area (Å²) in [6.45, 7) is 0.865.